The fourth-order valence-corrected chi connectivity index (χ4v) is 2.77. The number of amides is 1. The maximum Gasteiger partial charge on any atom is 0.326 e. The van der Waals surface area contributed by atoms with Crippen molar-refractivity contribution in [3.8, 4) is 0 Å². The topological polar surface area (TPSA) is 83.5 Å². The summed E-state index contributed by atoms with van der Waals surface area (Å²) >= 11 is 12.5. The van der Waals surface area contributed by atoms with Crippen LogP contribution in [0.2, 0.25) is 8.67 Å². The molecule has 1 aromatic rings. The maximum absolute atomic E-state index is 11.8. The Bertz CT molecular complexity index is 500. The fraction of sp³-hybridized carbons (Fsp3) is 0.300. The molecule has 1 amide bonds. The molecule has 1 aromatic heterocycles. The molecule has 98 valence electrons. The minimum absolute atomic E-state index is 0.170. The average molecular weight is 310 g/mol. The van der Waals surface area contributed by atoms with Crippen molar-refractivity contribution in [1.29, 1.82) is 0 Å². The van der Waals surface area contributed by atoms with E-state index in [2.05, 4.69) is 5.32 Å². The Balaban J connectivity index is 2.81. The van der Waals surface area contributed by atoms with Gasteiger partial charge in [-0.3, -0.25) is 9.59 Å². The molecule has 0 aliphatic carbocycles. The van der Waals surface area contributed by atoms with Crippen LogP contribution >= 0.6 is 34.5 Å². The molecule has 18 heavy (non-hydrogen) atoms. The van der Waals surface area contributed by atoms with E-state index in [-0.39, 0.29) is 16.3 Å². The summed E-state index contributed by atoms with van der Waals surface area (Å²) in [7, 11) is 0. The molecule has 0 fully saturated rings. The molecule has 8 heteroatoms. The van der Waals surface area contributed by atoms with Gasteiger partial charge in [-0.05, 0) is 6.07 Å². The molecule has 1 heterocycles. The van der Waals surface area contributed by atoms with Crippen molar-refractivity contribution in [2.75, 3.05) is 0 Å². The highest BCUT2D eigenvalue weighted by molar-refractivity contribution is 7.20. The maximum atomic E-state index is 11.8. The third kappa shape index (κ3) is 3.97. The molecule has 0 radical (unpaired) electrons. The minimum atomic E-state index is -1.28. The lowest BCUT2D eigenvalue weighted by molar-refractivity contribution is -0.141. The van der Waals surface area contributed by atoms with Crippen molar-refractivity contribution in [2.45, 2.75) is 19.4 Å². The smallest absolute Gasteiger partial charge is 0.326 e. The molecule has 0 saturated carbocycles. The van der Waals surface area contributed by atoms with E-state index in [0.29, 0.717) is 4.34 Å². The number of carbonyl (C=O) groups is 3. The van der Waals surface area contributed by atoms with Crippen LogP contribution in [0.15, 0.2) is 6.07 Å². The number of carboxylic acid groups (broad SMARTS) is 1. The molecule has 0 aromatic carbocycles. The molecular weight excluding hydrogens is 301 g/mol. The van der Waals surface area contributed by atoms with E-state index in [0.717, 1.165) is 11.3 Å². The van der Waals surface area contributed by atoms with Gasteiger partial charge < -0.3 is 10.4 Å². The number of nitrogens with one attached hydrogen (secondary N) is 1. The second kappa shape index (κ2) is 6.17. The van der Waals surface area contributed by atoms with Gasteiger partial charge in [-0.25, -0.2) is 4.79 Å². The van der Waals surface area contributed by atoms with Crippen molar-refractivity contribution >= 4 is 52.2 Å². The zero-order valence-corrected chi connectivity index (χ0v) is 11.5. The van der Waals surface area contributed by atoms with Crippen LogP contribution in [0.4, 0.5) is 0 Å². The van der Waals surface area contributed by atoms with Crippen molar-refractivity contribution < 1.29 is 19.5 Å². The highest BCUT2D eigenvalue weighted by Gasteiger charge is 2.24. The highest BCUT2D eigenvalue weighted by atomic mass is 35.5. The summed E-state index contributed by atoms with van der Waals surface area (Å²) in [4.78, 5) is 33.5. The van der Waals surface area contributed by atoms with Crippen molar-refractivity contribution in [1.82, 2.24) is 5.32 Å². The second-order valence-corrected chi connectivity index (χ2v) is 5.74. The van der Waals surface area contributed by atoms with Gasteiger partial charge in [0.15, 0.2) is 5.78 Å². The average Bonchev–Trinajstić information content (AvgIpc) is 2.56. The van der Waals surface area contributed by atoms with E-state index < -0.39 is 23.7 Å². The molecular formula is C10H9Cl2NO4S. The lowest BCUT2D eigenvalue weighted by atomic mass is 10.1. The summed E-state index contributed by atoms with van der Waals surface area (Å²) in [5.74, 6) is -2.29. The highest BCUT2D eigenvalue weighted by Crippen LogP contribution is 2.32. The largest absolute Gasteiger partial charge is 0.480 e. The van der Waals surface area contributed by atoms with E-state index in [4.69, 9.17) is 28.3 Å². The Labute approximate surface area is 117 Å². The summed E-state index contributed by atoms with van der Waals surface area (Å²) in [6.07, 6.45) is -0.373. The van der Waals surface area contributed by atoms with Crippen LogP contribution in [0, 0.1) is 0 Å². The van der Waals surface area contributed by atoms with Crippen molar-refractivity contribution in [3.05, 3.63) is 20.3 Å². The Kier molecular flexibility index (Phi) is 5.13. The predicted octanol–water partition coefficient (Wildman–Crippen LogP) is 2.22. The van der Waals surface area contributed by atoms with Gasteiger partial charge in [0, 0.05) is 18.9 Å². The first-order valence-corrected chi connectivity index (χ1v) is 6.36. The Morgan fingerprint density at radius 2 is 2.06 bits per heavy atom. The second-order valence-electron chi connectivity index (χ2n) is 3.46. The van der Waals surface area contributed by atoms with Gasteiger partial charge in [-0.15, -0.1) is 11.3 Å². The summed E-state index contributed by atoms with van der Waals surface area (Å²) in [6.45, 7) is 1.18. The van der Waals surface area contributed by atoms with Crippen molar-refractivity contribution in [2.24, 2.45) is 0 Å². The Hall–Kier alpha value is -1.11. The van der Waals surface area contributed by atoms with Crippen LogP contribution in [-0.2, 0) is 9.59 Å². The molecule has 0 bridgehead atoms. The number of Topliss-reactive ketones (excluding diaryl/α,β-unsaturated/α-hetero) is 1. The number of hydrogen-bond acceptors (Lipinski definition) is 4. The number of carboxylic acids is 1. The Morgan fingerprint density at radius 3 is 2.44 bits per heavy atom. The molecule has 1 rings (SSSR count). The standard InChI is InChI=1S/C10H9Cl2NO4S/c1-4(14)13-6(10(16)17)3-7(15)5-2-8(11)18-9(5)12/h2,6H,3H2,1H3,(H,13,14)(H,16,17). The third-order valence-corrected chi connectivity index (χ3v) is 3.51. The molecule has 1 atom stereocenters. The van der Waals surface area contributed by atoms with Gasteiger partial charge >= 0.3 is 5.97 Å². The number of ketones is 1. The van der Waals surface area contributed by atoms with Gasteiger partial charge in [0.25, 0.3) is 0 Å². The third-order valence-electron chi connectivity index (χ3n) is 2.02. The Morgan fingerprint density at radius 1 is 1.44 bits per heavy atom. The summed E-state index contributed by atoms with van der Waals surface area (Å²) in [5, 5.41) is 11.0. The first-order chi connectivity index (χ1) is 8.31. The van der Waals surface area contributed by atoms with Gasteiger partial charge in [-0.2, -0.15) is 0 Å². The number of carbonyl (C=O) groups excluding carboxylic acids is 2. The number of aliphatic carboxylic acids is 1. The number of thiophene rings is 1. The minimum Gasteiger partial charge on any atom is -0.480 e. The SMILES string of the molecule is CC(=O)NC(CC(=O)c1cc(Cl)sc1Cl)C(=O)O. The van der Waals surface area contributed by atoms with E-state index in [9.17, 15) is 14.4 Å². The lowest BCUT2D eigenvalue weighted by Gasteiger charge is -2.11. The number of halogens is 2. The molecule has 2 N–H and O–H groups in total. The summed E-state index contributed by atoms with van der Waals surface area (Å²) in [6, 6.07) is 0.105. The van der Waals surface area contributed by atoms with Gasteiger partial charge in [0.2, 0.25) is 5.91 Å². The first kappa shape index (κ1) is 14.9. The van der Waals surface area contributed by atoms with Crippen LogP contribution in [0.25, 0.3) is 0 Å². The molecule has 0 aliphatic rings. The van der Waals surface area contributed by atoms with Crippen LogP contribution in [0.3, 0.4) is 0 Å². The number of hydrogen-bond donors (Lipinski definition) is 2. The zero-order valence-electron chi connectivity index (χ0n) is 9.20. The van der Waals surface area contributed by atoms with E-state index in [1.807, 2.05) is 0 Å². The van der Waals surface area contributed by atoms with Crippen LogP contribution in [-0.4, -0.2) is 28.8 Å². The van der Waals surface area contributed by atoms with E-state index in [1.165, 1.54) is 13.0 Å². The van der Waals surface area contributed by atoms with Gasteiger partial charge in [0.1, 0.15) is 10.4 Å². The zero-order chi connectivity index (χ0) is 13.9. The summed E-state index contributed by atoms with van der Waals surface area (Å²) in [5.41, 5.74) is 0.170. The molecule has 5 nitrogen and oxygen atoms in total. The predicted molar refractivity (Wildman–Crippen MR) is 68.5 cm³/mol. The van der Waals surface area contributed by atoms with E-state index >= 15 is 0 Å². The molecule has 0 aliphatic heterocycles. The fourth-order valence-electron chi connectivity index (χ4n) is 1.27. The quantitative estimate of drug-likeness (QED) is 0.817. The monoisotopic (exact) mass is 309 g/mol. The van der Waals surface area contributed by atoms with Gasteiger partial charge in [0.05, 0.1) is 4.34 Å². The number of rotatable bonds is 5. The molecule has 0 saturated heterocycles. The summed E-state index contributed by atoms with van der Waals surface area (Å²) < 4.78 is 0.548. The van der Waals surface area contributed by atoms with Crippen molar-refractivity contribution in [3.63, 3.8) is 0 Å². The first-order valence-electron chi connectivity index (χ1n) is 4.79. The van der Waals surface area contributed by atoms with Crippen LogP contribution in [0.1, 0.15) is 23.7 Å². The molecule has 1 unspecified atom stereocenters. The normalized spacial score (nSPS) is 11.9. The van der Waals surface area contributed by atoms with E-state index in [1.54, 1.807) is 0 Å². The van der Waals surface area contributed by atoms with Crippen LogP contribution in [0.5, 0.6) is 0 Å². The molecule has 0 spiro atoms. The lowest BCUT2D eigenvalue weighted by Crippen LogP contribution is -2.41. The van der Waals surface area contributed by atoms with Gasteiger partial charge in [-0.1, -0.05) is 23.2 Å². The van der Waals surface area contributed by atoms with Crippen LogP contribution < -0.4 is 5.32 Å².